The molecule has 0 unspecified atom stereocenters. The molecule has 0 atom stereocenters. The SMILES string of the molecule is C#CCN(Cc1cc2c(=O)n(C)c(COC(C)=O)nc2cc1Cl)c1ccc(C(=O)O)c(C(C)(C)C)c1. The zero-order valence-electron chi connectivity index (χ0n) is 20.9. The summed E-state index contributed by atoms with van der Waals surface area (Å²) in [5, 5.41) is 10.4. The summed E-state index contributed by atoms with van der Waals surface area (Å²) in [5.74, 6) is 1.47. The van der Waals surface area contributed by atoms with Crippen LogP contribution in [0.3, 0.4) is 0 Å². The van der Waals surface area contributed by atoms with Gasteiger partial charge in [-0.05, 0) is 46.9 Å². The normalized spacial score (nSPS) is 11.2. The van der Waals surface area contributed by atoms with Gasteiger partial charge >= 0.3 is 11.9 Å². The summed E-state index contributed by atoms with van der Waals surface area (Å²) in [6.45, 7) is 7.52. The van der Waals surface area contributed by atoms with Gasteiger partial charge in [-0.1, -0.05) is 38.3 Å². The number of halogens is 1. The lowest BCUT2D eigenvalue weighted by atomic mass is 9.83. The van der Waals surface area contributed by atoms with Crippen molar-refractivity contribution in [3.63, 3.8) is 0 Å². The molecular weight excluding hydrogens is 482 g/mol. The van der Waals surface area contributed by atoms with Crippen LogP contribution in [0.2, 0.25) is 5.02 Å². The van der Waals surface area contributed by atoms with Gasteiger partial charge in [-0.3, -0.25) is 14.2 Å². The molecule has 0 saturated carbocycles. The number of carbonyl (C=O) groups excluding carboxylic acids is 1. The Morgan fingerprint density at radius 3 is 2.53 bits per heavy atom. The van der Waals surface area contributed by atoms with Crippen molar-refractivity contribution in [1.82, 2.24) is 9.55 Å². The van der Waals surface area contributed by atoms with E-state index in [2.05, 4.69) is 10.9 Å². The number of carboxylic acids is 1. The molecule has 188 valence electrons. The first-order valence-electron chi connectivity index (χ1n) is 11.2. The fourth-order valence-electron chi connectivity index (χ4n) is 3.89. The Balaban J connectivity index is 2.06. The molecule has 3 aromatic rings. The maximum atomic E-state index is 13.0. The lowest BCUT2D eigenvalue weighted by Gasteiger charge is -2.27. The lowest BCUT2D eigenvalue weighted by Crippen LogP contribution is -2.26. The molecular formula is C27H28ClN3O5. The molecule has 9 heteroatoms. The van der Waals surface area contributed by atoms with E-state index in [4.69, 9.17) is 22.8 Å². The van der Waals surface area contributed by atoms with Crippen molar-refractivity contribution in [1.29, 1.82) is 0 Å². The molecule has 0 aliphatic heterocycles. The van der Waals surface area contributed by atoms with Gasteiger partial charge in [0.2, 0.25) is 0 Å². The molecule has 2 aromatic carbocycles. The zero-order chi connectivity index (χ0) is 26.8. The molecule has 0 fully saturated rings. The molecule has 0 saturated heterocycles. The third-order valence-corrected chi connectivity index (χ3v) is 6.14. The van der Waals surface area contributed by atoms with Gasteiger partial charge in [0.05, 0.1) is 23.0 Å². The van der Waals surface area contributed by atoms with Crippen molar-refractivity contribution in [3.05, 3.63) is 68.2 Å². The number of carbonyl (C=O) groups is 2. The summed E-state index contributed by atoms with van der Waals surface area (Å²) in [4.78, 5) is 42.3. The number of nitrogens with zero attached hydrogens (tertiary/aromatic N) is 3. The zero-order valence-corrected chi connectivity index (χ0v) is 21.6. The highest BCUT2D eigenvalue weighted by Gasteiger charge is 2.23. The van der Waals surface area contributed by atoms with E-state index >= 15 is 0 Å². The van der Waals surface area contributed by atoms with E-state index < -0.39 is 17.4 Å². The number of anilines is 1. The first kappa shape index (κ1) is 26.8. The second-order valence-corrected chi connectivity index (χ2v) is 9.89. The van der Waals surface area contributed by atoms with E-state index in [0.717, 1.165) is 5.69 Å². The van der Waals surface area contributed by atoms with Crippen LogP contribution in [0.4, 0.5) is 5.69 Å². The van der Waals surface area contributed by atoms with E-state index in [1.54, 1.807) is 31.3 Å². The van der Waals surface area contributed by atoms with Crippen molar-refractivity contribution >= 4 is 40.1 Å². The van der Waals surface area contributed by atoms with Gasteiger partial charge in [-0.15, -0.1) is 6.42 Å². The standard InChI is InChI=1S/C27H28ClN3O5/c1-7-10-31(18-8-9-19(26(34)35)21(12-18)27(3,4)5)14-17-11-20-23(13-22(17)28)29-24(15-36-16(2)32)30(6)25(20)33/h1,8-9,11-13H,10,14-15H2,2-6H3,(H,34,35). The molecule has 0 radical (unpaired) electrons. The minimum Gasteiger partial charge on any atom is -0.478 e. The Morgan fingerprint density at radius 1 is 1.25 bits per heavy atom. The number of aromatic nitrogens is 2. The topological polar surface area (TPSA) is 102 Å². The number of rotatable bonds is 7. The molecule has 1 heterocycles. The number of benzene rings is 2. The number of hydrogen-bond donors (Lipinski definition) is 1. The highest BCUT2D eigenvalue weighted by molar-refractivity contribution is 6.32. The monoisotopic (exact) mass is 509 g/mol. The van der Waals surface area contributed by atoms with Crippen LogP contribution in [0.1, 0.15) is 55.0 Å². The smallest absolute Gasteiger partial charge is 0.335 e. The Hall–Kier alpha value is -3.83. The van der Waals surface area contributed by atoms with Gasteiger partial charge in [0.15, 0.2) is 0 Å². The van der Waals surface area contributed by atoms with Crippen molar-refractivity contribution in [3.8, 4) is 12.3 Å². The van der Waals surface area contributed by atoms with Gasteiger partial charge in [0.25, 0.3) is 5.56 Å². The fraction of sp³-hybridized carbons (Fsp3) is 0.333. The maximum absolute atomic E-state index is 13.0. The van der Waals surface area contributed by atoms with E-state index in [1.165, 1.54) is 11.5 Å². The fourth-order valence-corrected chi connectivity index (χ4v) is 4.11. The summed E-state index contributed by atoms with van der Waals surface area (Å²) in [6, 6.07) is 8.41. The Morgan fingerprint density at radius 2 is 1.94 bits per heavy atom. The number of terminal acetylenes is 1. The van der Waals surface area contributed by atoms with Gasteiger partial charge in [-0.2, -0.15) is 0 Å². The van der Waals surface area contributed by atoms with Crippen LogP contribution in [-0.2, 0) is 35.1 Å². The third-order valence-electron chi connectivity index (χ3n) is 5.79. The summed E-state index contributed by atoms with van der Waals surface area (Å²) >= 11 is 6.59. The molecule has 36 heavy (non-hydrogen) atoms. The molecule has 8 nitrogen and oxygen atoms in total. The van der Waals surface area contributed by atoms with Crippen LogP contribution in [0.5, 0.6) is 0 Å². The maximum Gasteiger partial charge on any atom is 0.335 e. The average Bonchev–Trinajstić information content (AvgIpc) is 2.80. The van der Waals surface area contributed by atoms with E-state index in [-0.39, 0.29) is 30.8 Å². The largest absolute Gasteiger partial charge is 0.478 e. The van der Waals surface area contributed by atoms with Crippen LogP contribution in [0, 0.1) is 12.3 Å². The second-order valence-electron chi connectivity index (χ2n) is 9.48. The minimum atomic E-state index is -0.996. The molecule has 0 amide bonds. The molecule has 3 rings (SSSR count). The number of ether oxygens (including phenoxy) is 1. The molecule has 1 aromatic heterocycles. The van der Waals surface area contributed by atoms with Crippen LogP contribution in [0.15, 0.2) is 35.1 Å². The van der Waals surface area contributed by atoms with E-state index in [9.17, 15) is 19.5 Å². The Kier molecular flexibility index (Phi) is 7.75. The summed E-state index contributed by atoms with van der Waals surface area (Å²) in [6.07, 6.45) is 5.64. The Bertz CT molecular complexity index is 1450. The average molecular weight is 510 g/mol. The predicted octanol–water partition coefficient (Wildman–Crippen LogP) is 4.29. The number of fused-ring (bicyclic) bond motifs is 1. The van der Waals surface area contributed by atoms with Gasteiger partial charge in [0, 0.05) is 31.2 Å². The number of hydrogen-bond acceptors (Lipinski definition) is 6. The van der Waals surface area contributed by atoms with E-state index in [1.807, 2.05) is 31.7 Å². The van der Waals surface area contributed by atoms with Crippen molar-refractivity contribution < 1.29 is 19.4 Å². The van der Waals surface area contributed by atoms with Crippen LogP contribution in [0.25, 0.3) is 10.9 Å². The highest BCUT2D eigenvalue weighted by Crippen LogP contribution is 2.32. The van der Waals surface area contributed by atoms with Crippen molar-refractivity contribution in [2.75, 3.05) is 11.4 Å². The Labute approximate surface area is 214 Å². The molecule has 0 aliphatic rings. The first-order chi connectivity index (χ1) is 16.8. The van der Waals surface area contributed by atoms with Crippen LogP contribution >= 0.6 is 11.6 Å². The molecule has 0 aliphatic carbocycles. The van der Waals surface area contributed by atoms with Gasteiger partial charge in [0.1, 0.15) is 12.4 Å². The van der Waals surface area contributed by atoms with E-state index in [0.29, 0.717) is 32.9 Å². The molecule has 1 N–H and O–H groups in total. The lowest BCUT2D eigenvalue weighted by molar-refractivity contribution is -0.142. The van der Waals surface area contributed by atoms with Crippen molar-refractivity contribution in [2.45, 2.75) is 46.3 Å². The summed E-state index contributed by atoms with van der Waals surface area (Å²) in [7, 11) is 1.56. The van der Waals surface area contributed by atoms with Crippen molar-refractivity contribution in [2.24, 2.45) is 7.05 Å². The quantitative estimate of drug-likeness (QED) is 0.374. The molecule has 0 spiro atoms. The first-order valence-corrected chi connectivity index (χ1v) is 11.6. The van der Waals surface area contributed by atoms with Crippen LogP contribution in [-0.4, -0.2) is 33.1 Å². The van der Waals surface area contributed by atoms with Gasteiger partial charge < -0.3 is 14.7 Å². The van der Waals surface area contributed by atoms with Gasteiger partial charge in [-0.25, -0.2) is 9.78 Å². The summed E-state index contributed by atoms with van der Waals surface area (Å²) in [5.41, 5.74) is 1.98. The highest BCUT2D eigenvalue weighted by atomic mass is 35.5. The summed E-state index contributed by atoms with van der Waals surface area (Å²) < 4.78 is 6.33. The number of esters is 1. The third kappa shape index (κ3) is 5.69. The van der Waals surface area contributed by atoms with Crippen LogP contribution < -0.4 is 10.5 Å². The number of aromatic carboxylic acids is 1. The predicted molar refractivity (Wildman–Crippen MR) is 139 cm³/mol. The molecule has 0 bridgehead atoms. The second kappa shape index (κ2) is 10.4. The minimum absolute atomic E-state index is 0.130. The number of carboxylic acid groups (broad SMARTS) is 1.